The van der Waals surface area contributed by atoms with Gasteiger partial charge in [0.05, 0.1) is 0 Å². The van der Waals surface area contributed by atoms with Gasteiger partial charge in [0.2, 0.25) is 11.8 Å². The Morgan fingerprint density at radius 3 is 0.570 bits per heavy atom. The number of carboxylic acids is 4. The van der Waals surface area contributed by atoms with Crippen molar-refractivity contribution < 1.29 is 102 Å². The lowest BCUT2D eigenvalue weighted by molar-refractivity contribution is -0.193. The van der Waals surface area contributed by atoms with Gasteiger partial charge in [0, 0.05) is 25.9 Å². The van der Waals surface area contributed by atoms with Gasteiger partial charge >= 0.3 is 48.6 Å². The van der Waals surface area contributed by atoms with Crippen molar-refractivity contribution in [3.63, 3.8) is 0 Å². The first-order valence-corrected chi connectivity index (χ1v) is 31.0. The Bertz CT molecular complexity index is 1420. The fourth-order valence-corrected chi connectivity index (χ4v) is 7.70. The lowest BCUT2D eigenvalue weighted by Gasteiger charge is -2.09. The van der Waals surface area contributed by atoms with Crippen molar-refractivity contribution in [3.8, 4) is 0 Å². The maximum Gasteiger partial charge on any atom is 0.490 e. The van der Waals surface area contributed by atoms with Crippen LogP contribution in [0.5, 0.6) is 0 Å². The number of rotatable bonds is 51. The second-order valence-corrected chi connectivity index (χ2v) is 20.7. The molecule has 0 saturated carbocycles. The molecule has 0 aliphatic carbocycles. The Kier molecular flexibility index (Phi) is 67.2. The number of amides is 2. The second-order valence-electron chi connectivity index (χ2n) is 20.7. The molecule has 0 atom stereocenters. The highest BCUT2D eigenvalue weighted by atomic mass is 19.4. The van der Waals surface area contributed by atoms with Crippen LogP contribution >= 0.6 is 0 Å². The molecule has 0 aromatic heterocycles. The van der Waals surface area contributed by atoms with Gasteiger partial charge in [-0.3, -0.25) is 9.59 Å². The summed E-state index contributed by atoms with van der Waals surface area (Å²) in [6.45, 7) is 14.4. The molecule has 0 fully saturated rings. The van der Waals surface area contributed by atoms with Crippen LogP contribution in [0.4, 0.5) is 52.7 Å². The molecule has 0 rings (SSSR count). The lowest BCUT2D eigenvalue weighted by atomic mass is 10.0. The van der Waals surface area contributed by atoms with E-state index in [1.165, 1.54) is 180 Å². The van der Waals surface area contributed by atoms with Crippen molar-refractivity contribution in [1.29, 1.82) is 0 Å². The van der Waals surface area contributed by atoms with Crippen molar-refractivity contribution in [1.82, 2.24) is 31.9 Å². The molecule has 28 heteroatoms. The quantitative estimate of drug-likeness (QED) is 0.0201. The molecular weight excluding hydrogens is 1170 g/mol. The van der Waals surface area contributed by atoms with Crippen molar-refractivity contribution in [3.05, 3.63) is 0 Å². The van der Waals surface area contributed by atoms with Gasteiger partial charge < -0.3 is 52.3 Å². The van der Waals surface area contributed by atoms with Gasteiger partial charge in [0.15, 0.2) is 0 Å². The fourth-order valence-electron chi connectivity index (χ4n) is 7.70. The molecule has 0 aromatic rings. The van der Waals surface area contributed by atoms with Gasteiger partial charge in [0.1, 0.15) is 0 Å². The van der Waals surface area contributed by atoms with Crippen molar-refractivity contribution in [2.24, 2.45) is 0 Å². The van der Waals surface area contributed by atoms with Gasteiger partial charge in [-0.2, -0.15) is 52.7 Å². The molecule has 16 nitrogen and oxygen atoms in total. The molecule has 0 saturated heterocycles. The van der Waals surface area contributed by atoms with E-state index in [1.807, 2.05) is 0 Å². The van der Waals surface area contributed by atoms with Crippen LogP contribution in [-0.4, -0.2) is 146 Å². The smallest absolute Gasteiger partial charge is 0.475 e. The largest absolute Gasteiger partial charge is 0.490 e. The molecule has 86 heavy (non-hydrogen) atoms. The molecule has 0 aliphatic heterocycles. The zero-order valence-electron chi connectivity index (χ0n) is 51.3. The molecule has 10 N–H and O–H groups in total. The highest BCUT2D eigenvalue weighted by molar-refractivity contribution is 5.76. The molecule has 0 radical (unpaired) electrons. The number of hydrogen-bond acceptors (Lipinski definition) is 10. The minimum absolute atomic E-state index is 0.227. The third kappa shape index (κ3) is 84.0. The van der Waals surface area contributed by atoms with E-state index in [2.05, 4.69) is 45.7 Å². The van der Waals surface area contributed by atoms with Gasteiger partial charge in [-0.15, -0.1) is 0 Å². The number of halogens is 12. The molecule has 2 amide bonds. The van der Waals surface area contributed by atoms with Crippen LogP contribution in [-0.2, 0) is 28.8 Å². The first kappa shape index (κ1) is 90.6. The number of hydrogen-bond donors (Lipinski definition) is 10. The number of carbonyl (C=O) groups excluding carboxylic acids is 2. The third-order valence-electron chi connectivity index (χ3n) is 12.6. The predicted octanol–water partition coefficient (Wildman–Crippen LogP) is 14.2. The summed E-state index contributed by atoms with van der Waals surface area (Å²) in [6.07, 6.45) is 25.6. The maximum absolute atomic E-state index is 12.1. The molecule has 514 valence electrons. The Morgan fingerprint density at radius 2 is 0.395 bits per heavy atom. The van der Waals surface area contributed by atoms with Crippen molar-refractivity contribution in [2.45, 2.75) is 270 Å². The van der Waals surface area contributed by atoms with Crippen molar-refractivity contribution in [2.75, 3.05) is 65.4 Å². The summed E-state index contributed by atoms with van der Waals surface area (Å²) < 4.78 is 127. The number of carboxylic acid groups (broad SMARTS) is 4. The normalized spacial score (nSPS) is 11.4. The Balaban J connectivity index is -0.000000632. The highest BCUT2D eigenvalue weighted by Crippen LogP contribution is 2.17. The van der Waals surface area contributed by atoms with Crippen LogP contribution < -0.4 is 31.9 Å². The lowest BCUT2D eigenvalue weighted by Crippen LogP contribution is -2.28. The van der Waals surface area contributed by atoms with Gasteiger partial charge in [-0.05, 0) is 104 Å². The first-order valence-electron chi connectivity index (χ1n) is 31.0. The van der Waals surface area contributed by atoms with Crippen LogP contribution in [0.15, 0.2) is 0 Å². The van der Waals surface area contributed by atoms with E-state index >= 15 is 0 Å². The number of aliphatic carboxylic acids is 4. The topological polar surface area (TPSA) is 256 Å². The number of unbranched alkanes of at least 4 members (excludes halogenated alkanes) is 27. The minimum atomic E-state index is -5.08. The SMILES string of the molecule is CCCCCCCCCCCCCCCCC(=O)NCCCNCCCNCCCCNCCCNCCCNC(=O)CCCCCCCCCCCCCCCC.O=C(O)C(F)(F)F.O=C(O)C(F)(F)F.O=C(O)C(F)(F)F.O=C(O)C(F)(F)F. The third-order valence-corrected chi connectivity index (χ3v) is 12.6. The number of nitrogens with one attached hydrogen (secondary N) is 6. The Morgan fingerprint density at radius 1 is 0.244 bits per heavy atom. The zero-order valence-corrected chi connectivity index (χ0v) is 51.3. The molecule has 0 heterocycles. The summed E-state index contributed by atoms with van der Waals surface area (Å²) in [5.74, 6) is -10.6. The van der Waals surface area contributed by atoms with Gasteiger partial charge in [-0.25, -0.2) is 19.2 Å². The summed E-state index contributed by atoms with van der Waals surface area (Å²) in [5, 5.41) is 48.8. The van der Waals surface area contributed by atoms with E-state index in [4.69, 9.17) is 39.6 Å². The van der Waals surface area contributed by atoms with Crippen LogP contribution in [0.2, 0.25) is 0 Å². The molecule has 0 aromatic carbocycles. The van der Waals surface area contributed by atoms with E-state index in [-0.39, 0.29) is 11.8 Å². The Labute approximate surface area is 503 Å². The average Bonchev–Trinajstić information content (AvgIpc) is 3.48. The number of alkyl halides is 12. The van der Waals surface area contributed by atoms with E-state index in [0.717, 1.165) is 104 Å². The average molecular weight is 1280 g/mol. The van der Waals surface area contributed by atoms with Crippen molar-refractivity contribution >= 4 is 35.7 Å². The molecule has 0 aliphatic rings. The summed E-state index contributed by atoms with van der Waals surface area (Å²) in [5.41, 5.74) is 0. The summed E-state index contributed by atoms with van der Waals surface area (Å²) >= 11 is 0. The van der Waals surface area contributed by atoms with Crippen LogP contribution in [0.3, 0.4) is 0 Å². The van der Waals surface area contributed by atoms with E-state index in [1.54, 1.807) is 0 Å². The predicted molar refractivity (Wildman–Crippen MR) is 310 cm³/mol. The molecule has 0 bridgehead atoms. The van der Waals surface area contributed by atoms with Crippen LogP contribution in [0, 0.1) is 0 Å². The van der Waals surface area contributed by atoms with E-state index in [0.29, 0.717) is 12.8 Å². The highest BCUT2D eigenvalue weighted by Gasteiger charge is 2.40. The summed E-state index contributed by atoms with van der Waals surface area (Å²) in [6, 6.07) is 0. The monoisotopic (exact) mass is 1280 g/mol. The van der Waals surface area contributed by atoms with Crippen LogP contribution in [0.1, 0.15) is 245 Å². The second kappa shape index (κ2) is 63.8. The maximum atomic E-state index is 12.1. The fraction of sp³-hybridized carbons (Fsp3) is 0.897. The van der Waals surface area contributed by atoms with Gasteiger partial charge in [0.25, 0.3) is 0 Å². The number of carbonyl (C=O) groups is 6. The first-order chi connectivity index (χ1) is 40.5. The van der Waals surface area contributed by atoms with E-state index in [9.17, 15) is 62.3 Å². The van der Waals surface area contributed by atoms with Crippen LogP contribution in [0.25, 0.3) is 0 Å². The Hall–Kier alpha value is -4.18. The summed E-state index contributed by atoms with van der Waals surface area (Å²) in [7, 11) is 0. The molecule has 0 spiro atoms. The van der Waals surface area contributed by atoms with Gasteiger partial charge in [-0.1, -0.05) is 181 Å². The zero-order chi connectivity index (χ0) is 66.2. The standard InChI is InChI=1S/C50H104N6O2.4C2HF3O2/c1-3-5-7-9-11-13-15-17-19-21-23-25-27-29-37-49(57)55-47-35-45-53-43-33-41-51-39-31-32-40-52-42-34-44-54-46-36-48-56-50(58)38-30-28-26-24-22-20-18-16-14-12-10-8-6-4-2;4*3-2(4,5)1(6)7/h51-54H,3-48H2,1-2H3,(H,55,57)(H,56,58);4*(H,6,7). The molecule has 0 unspecified atom stereocenters. The molecular formula is C58H108F12N6O10. The van der Waals surface area contributed by atoms with E-state index < -0.39 is 48.6 Å². The minimum Gasteiger partial charge on any atom is -0.475 e. The summed E-state index contributed by atoms with van der Waals surface area (Å²) in [4.78, 5) is 59.8.